The largest absolute Gasteiger partial charge is 0.318 e. The Morgan fingerprint density at radius 2 is 1.86 bits per heavy atom. The molecule has 2 rings (SSSR count). The summed E-state index contributed by atoms with van der Waals surface area (Å²) in [5.74, 6) is 0. The Balaban J connectivity index is 2.22. The molecule has 2 aromatic rings. The number of nitrogens with zero attached hydrogens (tertiary/aromatic N) is 2. The van der Waals surface area contributed by atoms with Gasteiger partial charge in [-0.25, -0.2) is 4.98 Å². The van der Waals surface area contributed by atoms with E-state index in [0.717, 1.165) is 23.9 Å². The summed E-state index contributed by atoms with van der Waals surface area (Å²) < 4.78 is 0. The van der Waals surface area contributed by atoms with Gasteiger partial charge in [0.2, 0.25) is 0 Å². The van der Waals surface area contributed by atoms with E-state index < -0.39 is 0 Å². The van der Waals surface area contributed by atoms with E-state index in [2.05, 4.69) is 69.1 Å². The summed E-state index contributed by atoms with van der Waals surface area (Å²) in [6.07, 6.45) is 0. The van der Waals surface area contributed by atoms with Crippen molar-refractivity contribution < 1.29 is 0 Å². The Bertz CT molecular complexity index is 572. The van der Waals surface area contributed by atoms with Gasteiger partial charge in [0.1, 0.15) is 0 Å². The van der Waals surface area contributed by atoms with Crippen LogP contribution in [0.4, 0.5) is 10.8 Å². The van der Waals surface area contributed by atoms with Crippen LogP contribution in [0, 0.1) is 13.8 Å². The van der Waals surface area contributed by atoms with Crippen LogP contribution >= 0.6 is 11.3 Å². The molecule has 0 atom stereocenters. The van der Waals surface area contributed by atoms with Crippen LogP contribution in [0.25, 0.3) is 0 Å². The van der Waals surface area contributed by atoms with Crippen LogP contribution in [0.15, 0.2) is 24.3 Å². The number of anilines is 2. The molecule has 1 aromatic heterocycles. The lowest BCUT2D eigenvalue weighted by atomic mass is 10.2. The topological polar surface area (TPSA) is 28.2 Å². The number of aromatic nitrogens is 1. The van der Waals surface area contributed by atoms with Crippen molar-refractivity contribution in [2.45, 2.75) is 47.2 Å². The first-order chi connectivity index (χ1) is 10.0. The molecule has 0 aliphatic heterocycles. The quantitative estimate of drug-likeness (QED) is 0.856. The molecule has 0 fully saturated rings. The molecule has 114 valence electrons. The van der Waals surface area contributed by atoms with Crippen LogP contribution < -0.4 is 10.2 Å². The fourth-order valence-electron chi connectivity index (χ4n) is 2.14. The molecular weight excluding hydrogens is 278 g/mol. The average molecular weight is 303 g/mol. The van der Waals surface area contributed by atoms with Crippen molar-refractivity contribution >= 4 is 22.2 Å². The minimum absolute atomic E-state index is 0.495. The lowest BCUT2D eigenvalue weighted by Crippen LogP contribution is -2.21. The maximum absolute atomic E-state index is 4.76. The lowest BCUT2D eigenvalue weighted by Gasteiger charge is -2.20. The van der Waals surface area contributed by atoms with Crippen molar-refractivity contribution in [2.75, 3.05) is 11.4 Å². The number of aryl methyl sites for hydroxylation is 2. The van der Waals surface area contributed by atoms with E-state index in [1.54, 1.807) is 11.3 Å². The Hall–Kier alpha value is -1.39. The number of hydrogen-bond acceptors (Lipinski definition) is 4. The highest BCUT2D eigenvalue weighted by molar-refractivity contribution is 7.15. The highest BCUT2D eigenvalue weighted by atomic mass is 32.1. The molecule has 0 radical (unpaired) electrons. The molecule has 0 spiro atoms. The minimum atomic E-state index is 0.495. The van der Waals surface area contributed by atoms with Gasteiger partial charge in [-0.3, -0.25) is 0 Å². The van der Waals surface area contributed by atoms with E-state index in [-0.39, 0.29) is 0 Å². The molecule has 0 amide bonds. The standard InChI is InChI=1S/C17H25N3S/c1-6-20(15-9-7-13(4)8-10-15)17-19-14(5)16(21-17)11-18-12(2)3/h7-10,12,18H,6,11H2,1-5H3. The summed E-state index contributed by atoms with van der Waals surface area (Å²) in [6, 6.07) is 9.14. The van der Waals surface area contributed by atoms with Crippen molar-refractivity contribution in [3.63, 3.8) is 0 Å². The summed E-state index contributed by atoms with van der Waals surface area (Å²) in [7, 11) is 0. The first-order valence-corrected chi connectivity index (χ1v) is 8.36. The predicted molar refractivity (Wildman–Crippen MR) is 92.7 cm³/mol. The lowest BCUT2D eigenvalue weighted by molar-refractivity contribution is 0.591. The van der Waals surface area contributed by atoms with Gasteiger partial charge >= 0.3 is 0 Å². The van der Waals surface area contributed by atoms with Gasteiger partial charge in [0, 0.05) is 29.7 Å². The van der Waals surface area contributed by atoms with Crippen molar-refractivity contribution in [3.05, 3.63) is 40.4 Å². The van der Waals surface area contributed by atoms with Crippen molar-refractivity contribution in [1.82, 2.24) is 10.3 Å². The average Bonchev–Trinajstić information content (AvgIpc) is 2.80. The third-order valence-electron chi connectivity index (χ3n) is 3.45. The maximum atomic E-state index is 4.76. The molecule has 4 heteroatoms. The zero-order valence-electron chi connectivity index (χ0n) is 13.6. The second-order valence-electron chi connectivity index (χ2n) is 5.62. The number of rotatable bonds is 6. The third kappa shape index (κ3) is 4.05. The molecule has 0 aliphatic rings. The summed E-state index contributed by atoms with van der Waals surface area (Å²) in [4.78, 5) is 8.36. The normalized spacial score (nSPS) is 11.1. The van der Waals surface area contributed by atoms with Crippen molar-refractivity contribution in [1.29, 1.82) is 0 Å². The first-order valence-electron chi connectivity index (χ1n) is 7.55. The van der Waals surface area contributed by atoms with Gasteiger partial charge in [0.05, 0.1) is 5.69 Å². The van der Waals surface area contributed by atoms with E-state index in [9.17, 15) is 0 Å². The highest BCUT2D eigenvalue weighted by Crippen LogP contribution is 2.31. The Morgan fingerprint density at radius 3 is 2.43 bits per heavy atom. The molecule has 0 bridgehead atoms. The summed E-state index contributed by atoms with van der Waals surface area (Å²) in [5.41, 5.74) is 3.63. The zero-order valence-corrected chi connectivity index (χ0v) is 14.4. The molecule has 1 heterocycles. The third-order valence-corrected chi connectivity index (χ3v) is 4.63. The van der Waals surface area contributed by atoms with Crippen molar-refractivity contribution in [2.24, 2.45) is 0 Å². The molecule has 21 heavy (non-hydrogen) atoms. The highest BCUT2D eigenvalue weighted by Gasteiger charge is 2.14. The molecule has 1 aromatic carbocycles. The fourth-order valence-corrected chi connectivity index (χ4v) is 3.24. The number of nitrogens with one attached hydrogen (secondary N) is 1. The molecule has 0 saturated heterocycles. The van der Waals surface area contributed by atoms with E-state index >= 15 is 0 Å². The zero-order chi connectivity index (χ0) is 15.4. The Morgan fingerprint density at radius 1 is 1.19 bits per heavy atom. The van der Waals surface area contributed by atoms with Crippen LogP contribution in [-0.4, -0.2) is 17.6 Å². The van der Waals surface area contributed by atoms with Gasteiger partial charge in [-0.1, -0.05) is 42.9 Å². The van der Waals surface area contributed by atoms with Crippen LogP contribution in [0.5, 0.6) is 0 Å². The molecule has 0 aliphatic carbocycles. The van der Waals surface area contributed by atoms with Crippen LogP contribution in [-0.2, 0) is 6.54 Å². The van der Waals surface area contributed by atoms with Gasteiger partial charge in [0.15, 0.2) is 5.13 Å². The maximum Gasteiger partial charge on any atom is 0.190 e. The second-order valence-corrected chi connectivity index (χ2v) is 6.68. The summed E-state index contributed by atoms with van der Waals surface area (Å²) in [6.45, 7) is 12.5. The van der Waals surface area contributed by atoms with Gasteiger partial charge in [-0.2, -0.15) is 0 Å². The van der Waals surface area contributed by atoms with E-state index in [0.29, 0.717) is 6.04 Å². The predicted octanol–water partition coefficient (Wildman–Crippen LogP) is 4.42. The van der Waals surface area contributed by atoms with Gasteiger partial charge in [-0.05, 0) is 32.9 Å². The van der Waals surface area contributed by atoms with Gasteiger partial charge in [0.25, 0.3) is 0 Å². The van der Waals surface area contributed by atoms with Crippen LogP contribution in [0.3, 0.4) is 0 Å². The van der Waals surface area contributed by atoms with Crippen LogP contribution in [0.1, 0.15) is 36.9 Å². The van der Waals surface area contributed by atoms with E-state index in [4.69, 9.17) is 4.98 Å². The summed E-state index contributed by atoms with van der Waals surface area (Å²) in [5, 5.41) is 4.55. The molecule has 0 saturated carbocycles. The monoisotopic (exact) mass is 303 g/mol. The van der Waals surface area contributed by atoms with Crippen molar-refractivity contribution in [3.8, 4) is 0 Å². The smallest absolute Gasteiger partial charge is 0.190 e. The Kier molecular flexibility index (Phi) is 5.37. The number of benzene rings is 1. The number of thiazole rings is 1. The van der Waals surface area contributed by atoms with E-state index in [1.807, 2.05) is 0 Å². The van der Waals surface area contributed by atoms with Crippen LogP contribution in [0.2, 0.25) is 0 Å². The van der Waals surface area contributed by atoms with E-state index in [1.165, 1.54) is 16.1 Å². The second kappa shape index (κ2) is 7.05. The SMILES string of the molecule is CCN(c1ccc(C)cc1)c1nc(C)c(CNC(C)C)s1. The first kappa shape index (κ1) is 16.0. The molecule has 0 unspecified atom stereocenters. The molecule has 1 N–H and O–H groups in total. The number of hydrogen-bond donors (Lipinski definition) is 1. The Labute approximate surface area is 132 Å². The van der Waals surface area contributed by atoms with Gasteiger partial charge in [-0.15, -0.1) is 0 Å². The van der Waals surface area contributed by atoms with Gasteiger partial charge < -0.3 is 10.2 Å². The summed E-state index contributed by atoms with van der Waals surface area (Å²) >= 11 is 1.79. The fraction of sp³-hybridized carbons (Fsp3) is 0.471. The minimum Gasteiger partial charge on any atom is -0.318 e. The molecule has 3 nitrogen and oxygen atoms in total. The molecular formula is C17H25N3S.